The van der Waals surface area contributed by atoms with Crippen LogP contribution in [0.4, 0.5) is 0 Å². The van der Waals surface area contributed by atoms with Crippen LogP contribution in [-0.4, -0.2) is 4.98 Å². The molecule has 1 aromatic carbocycles. The van der Waals surface area contributed by atoms with Crippen molar-refractivity contribution in [2.45, 2.75) is 19.4 Å². The van der Waals surface area contributed by atoms with Gasteiger partial charge in [0, 0.05) is 6.04 Å². The van der Waals surface area contributed by atoms with E-state index in [2.05, 4.69) is 11.1 Å². The first-order chi connectivity index (χ1) is 9.19. The molecule has 2 rings (SSSR count). The van der Waals surface area contributed by atoms with E-state index in [1.54, 1.807) is 6.20 Å². The molecule has 1 heterocycles. The average molecular weight is 253 g/mol. The van der Waals surface area contributed by atoms with Gasteiger partial charge in [0.2, 0.25) is 0 Å². The molecule has 0 fully saturated rings. The summed E-state index contributed by atoms with van der Waals surface area (Å²) in [4.78, 5) is 4.23. The summed E-state index contributed by atoms with van der Waals surface area (Å²) in [5, 5.41) is 8.60. The molecule has 96 valence electrons. The molecule has 19 heavy (non-hydrogen) atoms. The van der Waals surface area contributed by atoms with E-state index < -0.39 is 0 Å². The fourth-order valence-electron chi connectivity index (χ4n) is 1.62. The maximum absolute atomic E-state index is 8.60. The van der Waals surface area contributed by atoms with E-state index in [0.29, 0.717) is 12.2 Å². The molecule has 1 atom stereocenters. The minimum Gasteiger partial charge on any atom is -0.456 e. The molecule has 2 aromatic rings. The van der Waals surface area contributed by atoms with E-state index in [1.165, 1.54) is 0 Å². The summed E-state index contributed by atoms with van der Waals surface area (Å²) in [6.07, 6.45) is 2.06. The first kappa shape index (κ1) is 13.1. The van der Waals surface area contributed by atoms with Gasteiger partial charge in [0.1, 0.15) is 11.5 Å². The fraction of sp³-hybridized carbons (Fsp3) is 0.200. The summed E-state index contributed by atoms with van der Waals surface area (Å²) in [5.41, 5.74) is 7.53. The topological polar surface area (TPSA) is 71.9 Å². The summed E-state index contributed by atoms with van der Waals surface area (Å²) in [6.45, 7) is 1.89. The average Bonchev–Trinajstić information content (AvgIpc) is 2.42. The Balaban J connectivity index is 2.06. The van der Waals surface area contributed by atoms with Crippen molar-refractivity contribution in [3.63, 3.8) is 0 Å². The molecule has 4 heteroatoms. The lowest BCUT2D eigenvalue weighted by Gasteiger charge is -2.08. The monoisotopic (exact) mass is 253 g/mol. The predicted octanol–water partition coefficient (Wildman–Crippen LogP) is 2.96. The molecule has 0 radical (unpaired) electrons. The zero-order valence-corrected chi connectivity index (χ0v) is 10.7. The van der Waals surface area contributed by atoms with Gasteiger partial charge in [-0.2, -0.15) is 5.26 Å². The molecular formula is C15H15N3O. The third-order valence-electron chi connectivity index (χ3n) is 2.67. The van der Waals surface area contributed by atoms with Gasteiger partial charge in [-0.1, -0.05) is 12.1 Å². The Kier molecular flexibility index (Phi) is 4.11. The lowest BCUT2D eigenvalue weighted by atomic mass is 10.2. The molecule has 0 aliphatic carbocycles. The maximum Gasteiger partial charge on any atom is 0.145 e. The summed E-state index contributed by atoms with van der Waals surface area (Å²) < 4.78 is 5.66. The van der Waals surface area contributed by atoms with E-state index >= 15 is 0 Å². The highest BCUT2D eigenvalue weighted by atomic mass is 16.5. The van der Waals surface area contributed by atoms with E-state index in [4.69, 9.17) is 15.7 Å². The van der Waals surface area contributed by atoms with Gasteiger partial charge in [0.05, 0.1) is 24.4 Å². The van der Waals surface area contributed by atoms with Crippen LogP contribution in [0.25, 0.3) is 0 Å². The van der Waals surface area contributed by atoms with E-state index in [1.807, 2.05) is 43.3 Å². The van der Waals surface area contributed by atoms with Crippen LogP contribution in [0.2, 0.25) is 0 Å². The van der Waals surface area contributed by atoms with E-state index in [9.17, 15) is 0 Å². The first-order valence-corrected chi connectivity index (χ1v) is 6.04. The lowest BCUT2D eigenvalue weighted by Crippen LogP contribution is -2.06. The highest BCUT2D eigenvalue weighted by Gasteiger charge is 2.02. The molecule has 0 aliphatic heterocycles. The Morgan fingerprint density at radius 3 is 2.42 bits per heavy atom. The van der Waals surface area contributed by atoms with Gasteiger partial charge in [-0.25, -0.2) is 0 Å². The number of nitriles is 1. The fourth-order valence-corrected chi connectivity index (χ4v) is 1.62. The number of nitrogens with zero attached hydrogens (tertiary/aromatic N) is 2. The second-order valence-electron chi connectivity index (χ2n) is 4.29. The van der Waals surface area contributed by atoms with Gasteiger partial charge in [0.25, 0.3) is 0 Å². The minimum atomic E-state index is -0.0840. The van der Waals surface area contributed by atoms with Gasteiger partial charge < -0.3 is 10.5 Å². The molecule has 0 spiro atoms. The lowest BCUT2D eigenvalue weighted by molar-refractivity contribution is 0.479. The number of hydrogen-bond donors (Lipinski definition) is 1. The summed E-state index contributed by atoms with van der Waals surface area (Å²) in [7, 11) is 0. The third-order valence-corrected chi connectivity index (χ3v) is 2.67. The van der Waals surface area contributed by atoms with Gasteiger partial charge >= 0.3 is 0 Å². The molecule has 0 amide bonds. The van der Waals surface area contributed by atoms with Crippen LogP contribution < -0.4 is 10.5 Å². The number of hydrogen-bond acceptors (Lipinski definition) is 4. The van der Waals surface area contributed by atoms with E-state index in [0.717, 1.165) is 17.0 Å². The summed E-state index contributed by atoms with van der Waals surface area (Å²) >= 11 is 0. The van der Waals surface area contributed by atoms with Crippen LogP contribution in [0, 0.1) is 11.3 Å². The van der Waals surface area contributed by atoms with Crippen molar-refractivity contribution in [2.75, 3.05) is 0 Å². The second-order valence-corrected chi connectivity index (χ2v) is 4.29. The van der Waals surface area contributed by atoms with Crippen molar-refractivity contribution >= 4 is 0 Å². The smallest absolute Gasteiger partial charge is 0.145 e. The summed E-state index contributed by atoms with van der Waals surface area (Å²) in [5.74, 6) is 1.38. The molecule has 1 aromatic heterocycles. The zero-order valence-electron chi connectivity index (χ0n) is 10.7. The van der Waals surface area contributed by atoms with Gasteiger partial charge in [-0.3, -0.25) is 4.98 Å². The maximum atomic E-state index is 8.60. The Labute approximate surface area is 112 Å². The number of ether oxygens (including phenoxy) is 1. The number of pyridine rings is 1. The van der Waals surface area contributed by atoms with Crippen LogP contribution in [0.3, 0.4) is 0 Å². The number of benzene rings is 1. The van der Waals surface area contributed by atoms with Crippen molar-refractivity contribution in [3.8, 4) is 17.6 Å². The van der Waals surface area contributed by atoms with Crippen molar-refractivity contribution in [1.82, 2.24) is 4.98 Å². The molecule has 0 aliphatic rings. The van der Waals surface area contributed by atoms with Crippen LogP contribution in [0.5, 0.6) is 11.5 Å². The van der Waals surface area contributed by atoms with Crippen LogP contribution >= 0.6 is 0 Å². The minimum absolute atomic E-state index is 0.0840. The van der Waals surface area contributed by atoms with E-state index in [-0.39, 0.29) is 6.04 Å². The van der Waals surface area contributed by atoms with Crippen LogP contribution in [0.15, 0.2) is 42.6 Å². The predicted molar refractivity (Wildman–Crippen MR) is 72.7 cm³/mol. The molecular weight excluding hydrogens is 238 g/mol. The summed E-state index contributed by atoms with van der Waals surface area (Å²) in [6, 6.07) is 13.2. The quantitative estimate of drug-likeness (QED) is 0.909. The standard InChI is InChI=1S/C15H15N3O/c1-11(17)15-7-6-14(10-18-15)19-13-4-2-12(3-5-13)8-9-16/h2-7,10-11H,8,17H2,1H3/t11-/m0/s1. The number of nitrogens with two attached hydrogens (primary N) is 1. The molecule has 0 bridgehead atoms. The van der Waals surface area contributed by atoms with Crippen molar-refractivity contribution in [3.05, 3.63) is 53.9 Å². The second kappa shape index (κ2) is 5.98. The molecule has 4 nitrogen and oxygen atoms in total. The first-order valence-electron chi connectivity index (χ1n) is 6.04. The van der Waals surface area contributed by atoms with Crippen molar-refractivity contribution in [1.29, 1.82) is 5.26 Å². The molecule has 0 saturated carbocycles. The normalized spacial score (nSPS) is 11.6. The van der Waals surface area contributed by atoms with Gasteiger partial charge in [-0.15, -0.1) is 0 Å². The van der Waals surface area contributed by atoms with Crippen LogP contribution in [-0.2, 0) is 6.42 Å². The number of rotatable bonds is 4. The van der Waals surface area contributed by atoms with Gasteiger partial charge in [-0.05, 0) is 36.8 Å². The van der Waals surface area contributed by atoms with Crippen LogP contribution in [0.1, 0.15) is 24.2 Å². The number of aromatic nitrogens is 1. The zero-order chi connectivity index (χ0) is 13.7. The van der Waals surface area contributed by atoms with Crippen molar-refractivity contribution in [2.24, 2.45) is 5.73 Å². The van der Waals surface area contributed by atoms with Gasteiger partial charge in [0.15, 0.2) is 0 Å². The third kappa shape index (κ3) is 3.54. The molecule has 2 N–H and O–H groups in total. The Morgan fingerprint density at radius 2 is 1.89 bits per heavy atom. The largest absolute Gasteiger partial charge is 0.456 e. The highest BCUT2D eigenvalue weighted by Crippen LogP contribution is 2.21. The Hall–Kier alpha value is -2.38. The highest BCUT2D eigenvalue weighted by molar-refractivity contribution is 5.33. The Bertz CT molecular complexity index is 568. The molecule has 0 unspecified atom stereocenters. The SMILES string of the molecule is C[C@H](N)c1ccc(Oc2ccc(CC#N)cc2)cn1. The van der Waals surface area contributed by atoms with Crippen molar-refractivity contribution < 1.29 is 4.74 Å². The molecule has 0 saturated heterocycles. The Morgan fingerprint density at radius 1 is 1.21 bits per heavy atom.